The van der Waals surface area contributed by atoms with Crippen LogP contribution in [0.2, 0.25) is 0 Å². The van der Waals surface area contributed by atoms with Gasteiger partial charge in [0.2, 0.25) is 0 Å². The maximum absolute atomic E-state index is 5.60. The Kier molecular flexibility index (Phi) is 10.8. The Labute approximate surface area is 187 Å². The summed E-state index contributed by atoms with van der Waals surface area (Å²) in [7, 11) is 7.83. The second-order valence-corrected chi connectivity index (χ2v) is 7.54. The minimum atomic E-state index is 0. The fourth-order valence-corrected chi connectivity index (χ4v) is 3.78. The van der Waals surface area contributed by atoms with E-state index in [9.17, 15) is 0 Å². The first-order valence-electron chi connectivity index (χ1n) is 9.82. The number of halogens is 2. The number of ether oxygens (including phenoxy) is 1. The highest BCUT2D eigenvalue weighted by atomic mass is 35.5. The van der Waals surface area contributed by atoms with Gasteiger partial charge in [-0.3, -0.25) is 0 Å². The van der Waals surface area contributed by atoms with Crippen molar-refractivity contribution in [2.45, 2.75) is 44.3 Å². The number of anilines is 1. The fourth-order valence-electron chi connectivity index (χ4n) is 3.78. The number of nitrogens with one attached hydrogen (secondary N) is 2. The zero-order valence-electron chi connectivity index (χ0n) is 17.8. The number of hydrogen-bond donors (Lipinski definition) is 2. The van der Waals surface area contributed by atoms with Gasteiger partial charge in [0.15, 0.2) is 0 Å². The van der Waals surface area contributed by atoms with E-state index in [2.05, 4.69) is 53.0 Å². The standard InChI is InChI=1S/C22H32N4O.2ClH/c1-23-19-6-8-20(9-7-19)25-15-18-13-16(5-10-21(18)27-4)17-11-12-24-22(14-17)26(2)3;;/h5,10-14,19-20,23,25H,6-9,15H2,1-4H3;2*1H. The molecule has 2 aromatic rings. The van der Waals surface area contributed by atoms with Gasteiger partial charge in [-0.25, -0.2) is 4.98 Å². The van der Waals surface area contributed by atoms with Crippen molar-refractivity contribution in [1.29, 1.82) is 0 Å². The van der Waals surface area contributed by atoms with E-state index in [1.807, 2.05) is 25.2 Å². The van der Waals surface area contributed by atoms with Crippen LogP contribution in [0, 0.1) is 0 Å². The zero-order valence-corrected chi connectivity index (χ0v) is 19.4. The molecule has 0 spiro atoms. The van der Waals surface area contributed by atoms with Crippen LogP contribution in [0.4, 0.5) is 5.82 Å². The smallest absolute Gasteiger partial charge is 0.128 e. The summed E-state index contributed by atoms with van der Waals surface area (Å²) in [6, 6.07) is 11.9. The van der Waals surface area contributed by atoms with E-state index in [0.717, 1.165) is 18.1 Å². The van der Waals surface area contributed by atoms with E-state index in [1.54, 1.807) is 7.11 Å². The van der Waals surface area contributed by atoms with Crippen molar-refractivity contribution < 1.29 is 4.74 Å². The normalized spacial score (nSPS) is 18.3. The topological polar surface area (TPSA) is 49.4 Å². The molecule has 1 aromatic carbocycles. The van der Waals surface area contributed by atoms with Crippen LogP contribution in [-0.2, 0) is 6.54 Å². The third-order valence-corrected chi connectivity index (χ3v) is 5.53. The van der Waals surface area contributed by atoms with Crippen molar-refractivity contribution >= 4 is 30.6 Å². The number of pyridine rings is 1. The minimum absolute atomic E-state index is 0. The highest BCUT2D eigenvalue weighted by molar-refractivity contribution is 5.85. The summed E-state index contributed by atoms with van der Waals surface area (Å²) in [5.41, 5.74) is 3.57. The van der Waals surface area contributed by atoms with Gasteiger partial charge >= 0.3 is 0 Å². The molecule has 3 rings (SSSR count). The Balaban J connectivity index is 0.00000210. The van der Waals surface area contributed by atoms with Crippen molar-refractivity contribution in [1.82, 2.24) is 15.6 Å². The highest BCUT2D eigenvalue weighted by Crippen LogP contribution is 2.28. The quantitative estimate of drug-likeness (QED) is 0.672. The molecule has 0 saturated heterocycles. The number of aromatic nitrogens is 1. The maximum Gasteiger partial charge on any atom is 0.128 e. The van der Waals surface area contributed by atoms with Crippen LogP contribution in [0.25, 0.3) is 11.1 Å². The molecular weight excluding hydrogens is 407 g/mol. The van der Waals surface area contributed by atoms with Gasteiger partial charge in [0.05, 0.1) is 7.11 Å². The van der Waals surface area contributed by atoms with E-state index in [1.165, 1.54) is 42.4 Å². The summed E-state index contributed by atoms with van der Waals surface area (Å²) < 4.78 is 5.60. The lowest BCUT2D eigenvalue weighted by Crippen LogP contribution is -2.38. The molecule has 0 radical (unpaired) electrons. The molecule has 1 heterocycles. The maximum atomic E-state index is 5.60. The van der Waals surface area contributed by atoms with Gasteiger partial charge < -0.3 is 20.3 Å². The van der Waals surface area contributed by atoms with Gasteiger partial charge in [0.25, 0.3) is 0 Å². The summed E-state index contributed by atoms with van der Waals surface area (Å²) in [6.07, 6.45) is 6.81. The fraction of sp³-hybridized carbons (Fsp3) is 0.500. The molecule has 0 unspecified atom stereocenters. The van der Waals surface area contributed by atoms with E-state index >= 15 is 0 Å². The second-order valence-electron chi connectivity index (χ2n) is 7.54. The van der Waals surface area contributed by atoms with Crippen molar-refractivity contribution in [3.8, 4) is 16.9 Å². The van der Waals surface area contributed by atoms with Crippen LogP contribution in [-0.4, -0.2) is 45.3 Å². The summed E-state index contributed by atoms with van der Waals surface area (Å²) in [5.74, 6) is 1.90. The lowest BCUT2D eigenvalue weighted by atomic mass is 9.91. The highest BCUT2D eigenvalue weighted by Gasteiger charge is 2.19. The first-order chi connectivity index (χ1) is 13.1. The van der Waals surface area contributed by atoms with Crippen LogP contribution >= 0.6 is 24.8 Å². The van der Waals surface area contributed by atoms with E-state index in [0.29, 0.717) is 12.1 Å². The van der Waals surface area contributed by atoms with Crippen LogP contribution in [0.1, 0.15) is 31.2 Å². The summed E-state index contributed by atoms with van der Waals surface area (Å²) >= 11 is 0. The van der Waals surface area contributed by atoms with E-state index < -0.39 is 0 Å². The van der Waals surface area contributed by atoms with Gasteiger partial charge in [0, 0.05) is 44.5 Å². The lowest BCUT2D eigenvalue weighted by molar-refractivity contribution is 0.315. The molecule has 1 aromatic heterocycles. The molecule has 162 valence electrons. The monoisotopic (exact) mass is 440 g/mol. The average Bonchev–Trinajstić information content (AvgIpc) is 2.72. The molecular formula is C22H34Cl2N4O. The van der Waals surface area contributed by atoms with Crippen LogP contribution in [0.3, 0.4) is 0 Å². The van der Waals surface area contributed by atoms with Crippen molar-refractivity contribution in [3.63, 3.8) is 0 Å². The molecule has 0 atom stereocenters. The van der Waals surface area contributed by atoms with Crippen LogP contribution in [0.15, 0.2) is 36.5 Å². The van der Waals surface area contributed by atoms with Gasteiger partial charge in [0.1, 0.15) is 11.6 Å². The minimum Gasteiger partial charge on any atom is -0.496 e. The molecule has 0 amide bonds. The molecule has 29 heavy (non-hydrogen) atoms. The molecule has 5 nitrogen and oxygen atoms in total. The Morgan fingerprint density at radius 2 is 1.66 bits per heavy atom. The second kappa shape index (κ2) is 12.2. The zero-order chi connectivity index (χ0) is 19.2. The number of nitrogens with zero attached hydrogens (tertiary/aromatic N) is 2. The van der Waals surface area contributed by atoms with Crippen LogP contribution < -0.4 is 20.3 Å². The molecule has 1 fully saturated rings. The number of rotatable bonds is 7. The Hall–Kier alpha value is -1.53. The van der Waals surface area contributed by atoms with E-state index in [-0.39, 0.29) is 24.8 Å². The van der Waals surface area contributed by atoms with Gasteiger partial charge in [-0.1, -0.05) is 6.07 Å². The van der Waals surface area contributed by atoms with Crippen molar-refractivity contribution in [3.05, 3.63) is 42.1 Å². The summed E-state index contributed by atoms with van der Waals surface area (Å²) in [4.78, 5) is 6.44. The molecule has 1 aliphatic carbocycles. The summed E-state index contributed by atoms with van der Waals surface area (Å²) in [6.45, 7) is 0.831. The third-order valence-electron chi connectivity index (χ3n) is 5.53. The van der Waals surface area contributed by atoms with Crippen molar-refractivity contribution in [2.75, 3.05) is 33.2 Å². The molecule has 7 heteroatoms. The number of hydrogen-bond acceptors (Lipinski definition) is 5. The molecule has 2 N–H and O–H groups in total. The van der Waals surface area contributed by atoms with Gasteiger partial charge in [-0.2, -0.15) is 0 Å². The van der Waals surface area contributed by atoms with Crippen molar-refractivity contribution in [2.24, 2.45) is 0 Å². The lowest BCUT2D eigenvalue weighted by Gasteiger charge is -2.29. The Bertz CT molecular complexity index is 749. The Morgan fingerprint density at radius 3 is 2.28 bits per heavy atom. The van der Waals surface area contributed by atoms with Crippen LogP contribution in [0.5, 0.6) is 5.75 Å². The predicted octanol–water partition coefficient (Wildman–Crippen LogP) is 4.29. The summed E-state index contributed by atoms with van der Waals surface area (Å²) in [5, 5.41) is 7.14. The molecule has 1 aliphatic rings. The first kappa shape index (κ1) is 25.5. The largest absolute Gasteiger partial charge is 0.496 e. The molecule has 0 aliphatic heterocycles. The number of methoxy groups -OCH3 is 1. The van der Waals surface area contributed by atoms with Gasteiger partial charge in [-0.15, -0.1) is 24.8 Å². The van der Waals surface area contributed by atoms with Gasteiger partial charge in [-0.05, 0) is 68.1 Å². The Morgan fingerprint density at radius 1 is 1.00 bits per heavy atom. The first-order valence-corrected chi connectivity index (χ1v) is 9.82. The number of benzene rings is 1. The van der Waals surface area contributed by atoms with E-state index in [4.69, 9.17) is 4.74 Å². The molecule has 0 bridgehead atoms. The SMILES string of the molecule is CNC1CCC(NCc2cc(-c3ccnc(N(C)C)c3)ccc2OC)CC1.Cl.Cl. The predicted molar refractivity (Wildman–Crippen MR) is 127 cm³/mol. The molecule has 1 saturated carbocycles. The third kappa shape index (κ3) is 6.75. The average molecular weight is 441 g/mol.